The summed E-state index contributed by atoms with van der Waals surface area (Å²) in [4.78, 5) is 5.93. The Bertz CT molecular complexity index is 514. The average molecular weight is 260 g/mol. The maximum atomic E-state index is 6.29. The fourth-order valence-electron chi connectivity index (χ4n) is 2.01. The number of aromatic nitrogens is 1. The van der Waals surface area contributed by atoms with Crippen LogP contribution in [0.2, 0.25) is 0 Å². The predicted molar refractivity (Wildman–Crippen MR) is 78.1 cm³/mol. The average Bonchev–Trinajstić information content (AvgIpc) is 2.79. The van der Waals surface area contributed by atoms with E-state index in [2.05, 4.69) is 50.0 Å². The van der Waals surface area contributed by atoms with Crippen LogP contribution in [0, 0.1) is 6.92 Å². The summed E-state index contributed by atoms with van der Waals surface area (Å²) in [6, 6.07) is 8.43. The number of aryl methyl sites for hydroxylation is 3. The second-order valence-corrected chi connectivity index (χ2v) is 5.72. The molecule has 0 bridgehead atoms. The molecule has 1 aromatic heterocycles. The highest BCUT2D eigenvalue weighted by molar-refractivity contribution is 7.11. The molecular weight excluding hydrogens is 240 g/mol. The van der Waals surface area contributed by atoms with Gasteiger partial charge in [0, 0.05) is 4.88 Å². The van der Waals surface area contributed by atoms with Crippen LogP contribution in [0.25, 0.3) is 0 Å². The van der Waals surface area contributed by atoms with Crippen molar-refractivity contribution in [2.24, 2.45) is 5.73 Å². The molecule has 0 amide bonds. The van der Waals surface area contributed by atoms with Gasteiger partial charge in [-0.3, -0.25) is 0 Å². The van der Waals surface area contributed by atoms with Gasteiger partial charge in [-0.25, -0.2) is 4.98 Å². The topological polar surface area (TPSA) is 38.9 Å². The third kappa shape index (κ3) is 2.62. The van der Waals surface area contributed by atoms with E-state index in [4.69, 9.17) is 5.73 Å². The number of rotatable bonds is 4. The highest BCUT2D eigenvalue weighted by Gasteiger charge is 2.15. The van der Waals surface area contributed by atoms with Gasteiger partial charge in [-0.05, 0) is 30.9 Å². The largest absolute Gasteiger partial charge is 0.318 e. The molecule has 0 aliphatic rings. The van der Waals surface area contributed by atoms with Gasteiger partial charge in [0.2, 0.25) is 0 Å². The minimum atomic E-state index is -0.0973. The zero-order valence-corrected chi connectivity index (χ0v) is 12.1. The molecule has 96 valence electrons. The Morgan fingerprint density at radius 3 is 2.33 bits per heavy atom. The Balaban J connectivity index is 2.25. The van der Waals surface area contributed by atoms with Crippen molar-refractivity contribution in [3.05, 3.63) is 51.0 Å². The molecule has 0 aliphatic heterocycles. The molecule has 2 nitrogen and oxygen atoms in total. The van der Waals surface area contributed by atoms with Gasteiger partial charge in [0.25, 0.3) is 0 Å². The summed E-state index contributed by atoms with van der Waals surface area (Å²) in [6.07, 6.45) is 2.04. The smallest absolute Gasteiger partial charge is 0.114 e. The first-order chi connectivity index (χ1) is 8.65. The van der Waals surface area contributed by atoms with Crippen LogP contribution >= 0.6 is 11.3 Å². The first-order valence-electron chi connectivity index (χ1n) is 6.46. The van der Waals surface area contributed by atoms with Gasteiger partial charge in [0.05, 0.1) is 11.7 Å². The summed E-state index contributed by atoms with van der Waals surface area (Å²) in [5.74, 6) is 0. The number of hydrogen-bond acceptors (Lipinski definition) is 3. The summed E-state index contributed by atoms with van der Waals surface area (Å²) in [5.41, 5.74) is 9.95. The Morgan fingerprint density at radius 1 is 1.17 bits per heavy atom. The van der Waals surface area contributed by atoms with Crippen molar-refractivity contribution in [1.29, 1.82) is 0 Å². The highest BCUT2D eigenvalue weighted by Crippen LogP contribution is 2.26. The van der Waals surface area contributed by atoms with E-state index in [-0.39, 0.29) is 6.04 Å². The van der Waals surface area contributed by atoms with Crippen LogP contribution in [-0.4, -0.2) is 4.98 Å². The van der Waals surface area contributed by atoms with E-state index in [1.165, 1.54) is 16.1 Å². The third-order valence-electron chi connectivity index (χ3n) is 3.26. The SMILES string of the molecule is CCc1ccc(C(N)c2nc(CC)c(C)s2)cc1. The molecule has 1 unspecified atom stereocenters. The van der Waals surface area contributed by atoms with Gasteiger partial charge < -0.3 is 5.73 Å². The van der Waals surface area contributed by atoms with Crippen molar-refractivity contribution in [2.45, 2.75) is 39.7 Å². The molecule has 0 spiro atoms. The fraction of sp³-hybridized carbons (Fsp3) is 0.400. The second-order valence-electron chi connectivity index (χ2n) is 4.48. The van der Waals surface area contributed by atoms with E-state index in [0.717, 1.165) is 23.4 Å². The molecular formula is C15H20N2S. The Hall–Kier alpha value is -1.19. The molecule has 2 rings (SSSR count). The first-order valence-corrected chi connectivity index (χ1v) is 7.28. The van der Waals surface area contributed by atoms with Crippen molar-refractivity contribution < 1.29 is 0 Å². The zero-order chi connectivity index (χ0) is 13.1. The predicted octanol–water partition coefficient (Wildman–Crippen LogP) is 3.62. The highest BCUT2D eigenvalue weighted by atomic mass is 32.1. The molecule has 3 heteroatoms. The first kappa shape index (κ1) is 13.2. The molecule has 2 N–H and O–H groups in total. The van der Waals surface area contributed by atoms with Crippen LogP contribution in [0.5, 0.6) is 0 Å². The van der Waals surface area contributed by atoms with Crippen LogP contribution in [0.1, 0.15) is 46.6 Å². The monoisotopic (exact) mass is 260 g/mol. The molecule has 1 aromatic carbocycles. The van der Waals surface area contributed by atoms with Gasteiger partial charge in [-0.15, -0.1) is 11.3 Å². The van der Waals surface area contributed by atoms with Crippen LogP contribution < -0.4 is 5.73 Å². The molecule has 0 radical (unpaired) electrons. The molecule has 1 heterocycles. The molecule has 18 heavy (non-hydrogen) atoms. The fourth-order valence-corrected chi connectivity index (χ4v) is 3.05. The maximum Gasteiger partial charge on any atom is 0.114 e. The molecule has 0 saturated heterocycles. The van der Waals surface area contributed by atoms with Gasteiger partial charge in [0.1, 0.15) is 5.01 Å². The van der Waals surface area contributed by atoms with E-state index >= 15 is 0 Å². The zero-order valence-electron chi connectivity index (χ0n) is 11.2. The van der Waals surface area contributed by atoms with Crippen LogP contribution in [-0.2, 0) is 12.8 Å². The molecule has 2 aromatic rings. The molecule has 0 fully saturated rings. The second kappa shape index (κ2) is 5.63. The van der Waals surface area contributed by atoms with Crippen molar-refractivity contribution in [1.82, 2.24) is 4.98 Å². The number of hydrogen-bond donors (Lipinski definition) is 1. The van der Waals surface area contributed by atoms with Crippen molar-refractivity contribution in [3.8, 4) is 0 Å². The van der Waals surface area contributed by atoms with Gasteiger partial charge in [0.15, 0.2) is 0 Å². The lowest BCUT2D eigenvalue weighted by Crippen LogP contribution is -2.11. The summed E-state index contributed by atoms with van der Waals surface area (Å²) < 4.78 is 0. The quantitative estimate of drug-likeness (QED) is 0.911. The van der Waals surface area contributed by atoms with Crippen molar-refractivity contribution >= 4 is 11.3 Å². The lowest BCUT2D eigenvalue weighted by molar-refractivity contribution is 0.843. The van der Waals surface area contributed by atoms with Crippen LogP contribution in [0.15, 0.2) is 24.3 Å². The third-order valence-corrected chi connectivity index (χ3v) is 4.35. The van der Waals surface area contributed by atoms with E-state index in [0.29, 0.717) is 0 Å². The molecule has 0 aliphatic carbocycles. The lowest BCUT2D eigenvalue weighted by Gasteiger charge is -2.09. The lowest BCUT2D eigenvalue weighted by atomic mass is 10.0. The Labute approximate surface area is 113 Å². The van der Waals surface area contributed by atoms with E-state index in [1.807, 2.05) is 0 Å². The molecule has 1 atom stereocenters. The van der Waals surface area contributed by atoms with E-state index in [1.54, 1.807) is 11.3 Å². The van der Waals surface area contributed by atoms with Gasteiger partial charge in [-0.1, -0.05) is 38.1 Å². The summed E-state index contributed by atoms with van der Waals surface area (Å²) in [7, 11) is 0. The minimum absolute atomic E-state index is 0.0973. The maximum absolute atomic E-state index is 6.29. The van der Waals surface area contributed by atoms with Gasteiger partial charge >= 0.3 is 0 Å². The van der Waals surface area contributed by atoms with Crippen LogP contribution in [0.4, 0.5) is 0 Å². The van der Waals surface area contributed by atoms with E-state index in [9.17, 15) is 0 Å². The van der Waals surface area contributed by atoms with E-state index < -0.39 is 0 Å². The van der Waals surface area contributed by atoms with Crippen LogP contribution in [0.3, 0.4) is 0 Å². The Kier molecular flexibility index (Phi) is 4.15. The normalized spacial score (nSPS) is 12.7. The standard InChI is InChI=1S/C15H20N2S/c1-4-11-6-8-12(9-7-11)14(16)15-17-13(5-2)10(3)18-15/h6-9,14H,4-5,16H2,1-3H3. The number of thiazole rings is 1. The summed E-state index contributed by atoms with van der Waals surface area (Å²) in [5, 5.41) is 1.02. The molecule has 0 saturated carbocycles. The number of nitrogens with two attached hydrogens (primary N) is 1. The Morgan fingerprint density at radius 2 is 1.83 bits per heavy atom. The number of benzene rings is 1. The minimum Gasteiger partial charge on any atom is -0.318 e. The van der Waals surface area contributed by atoms with Crippen molar-refractivity contribution in [3.63, 3.8) is 0 Å². The summed E-state index contributed by atoms with van der Waals surface area (Å²) >= 11 is 1.72. The number of nitrogens with zero attached hydrogens (tertiary/aromatic N) is 1. The van der Waals surface area contributed by atoms with Crippen molar-refractivity contribution in [2.75, 3.05) is 0 Å². The van der Waals surface area contributed by atoms with Gasteiger partial charge in [-0.2, -0.15) is 0 Å². The summed E-state index contributed by atoms with van der Waals surface area (Å²) in [6.45, 7) is 6.41.